The molecule has 0 heterocycles. The lowest BCUT2D eigenvalue weighted by Gasteiger charge is -2.03. The van der Waals surface area contributed by atoms with Crippen LogP contribution in [-0.4, -0.2) is 5.78 Å². The van der Waals surface area contributed by atoms with E-state index in [0.717, 1.165) is 30.3 Å². The van der Waals surface area contributed by atoms with Crippen molar-refractivity contribution >= 4 is 5.78 Å². The van der Waals surface area contributed by atoms with Crippen LogP contribution >= 0.6 is 0 Å². The molecule has 0 N–H and O–H groups in total. The molecule has 0 fully saturated rings. The van der Waals surface area contributed by atoms with Crippen LogP contribution in [0.2, 0.25) is 0 Å². The average Bonchev–Trinajstić information content (AvgIpc) is 2.37. The lowest BCUT2D eigenvalue weighted by molar-refractivity contribution is 0.0992. The molecular formula is C14H8F4O. The Morgan fingerprint density at radius 3 is 1.95 bits per heavy atom. The molecule has 0 unspecified atom stereocenters. The van der Waals surface area contributed by atoms with E-state index in [9.17, 15) is 22.4 Å². The number of carbonyl (C=O) groups is 1. The molecule has 2 aromatic rings. The highest BCUT2D eigenvalue weighted by Gasteiger charge is 2.12. The molecule has 5 heteroatoms. The number of Topliss-reactive ketones (excluding diaryl/α,β-unsaturated/α-hetero) is 1. The minimum atomic E-state index is -1.13. The van der Waals surface area contributed by atoms with Gasteiger partial charge < -0.3 is 0 Å². The molecule has 0 aliphatic heterocycles. The second kappa shape index (κ2) is 5.22. The Labute approximate surface area is 106 Å². The molecule has 0 saturated heterocycles. The SMILES string of the molecule is O=C(Cc1ccc(F)c(F)c1)c1ccc(F)c(F)c1. The van der Waals surface area contributed by atoms with Gasteiger partial charge in [-0.1, -0.05) is 6.07 Å². The Morgan fingerprint density at radius 1 is 0.789 bits per heavy atom. The third kappa shape index (κ3) is 2.99. The Hall–Kier alpha value is -2.17. The molecule has 1 nitrogen and oxygen atoms in total. The van der Waals surface area contributed by atoms with Gasteiger partial charge in [-0.3, -0.25) is 4.79 Å². The zero-order valence-electron chi connectivity index (χ0n) is 9.59. The Bertz CT molecular complexity index is 637. The number of hydrogen-bond acceptors (Lipinski definition) is 1. The minimum Gasteiger partial charge on any atom is -0.294 e. The van der Waals surface area contributed by atoms with Crippen molar-refractivity contribution in [2.45, 2.75) is 6.42 Å². The van der Waals surface area contributed by atoms with E-state index < -0.39 is 29.1 Å². The fourth-order valence-corrected chi connectivity index (χ4v) is 1.61. The standard InChI is InChI=1S/C14H8F4O/c15-10-3-1-8(5-12(10)17)6-14(19)9-2-4-11(16)13(18)7-9/h1-5,7H,6H2. The summed E-state index contributed by atoms with van der Waals surface area (Å²) in [6, 6.07) is 5.82. The molecule has 2 aromatic carbocycles. The molecule has 19 heavy (non-hydrogen) atoms. The normalized spacial score (nSPS) is 10.5. The van der Waals surface area contributed by atoms with Crippen molar-refractivity contribution in [3.63, 3.8) is 0 Å². The summed E-state index contributed by atoms with van der Waals surface area (Å²) in [5, 5.41) is 0. The molecule has 0 saturated carbocycles. The molecule has 0 bridgehead atoms. The van der Waals surface area contributed by atoms with Crippen molar-refractivity contribution < 1.29 is 22.4 Å². The van der Waals surface area contributed by atoms with Crippen molar-refractivity contribution in [2.24, 2.45) is 0 Å². The van der Waals surface area contributed by atoms with Crippen molar-refractivity contribution in [2.75, 3.05) is 0 Å². The fourth-order valence-electron chi connectivity index (χ4n) is 1.61. The summed E-state index contributed by atoms with van der Waals surface area (Å²) < 4.78 is 51.3. The van der Waals surface area contributed by atoms with E-state index in [2.05, 4.69) is 0 Å². The van der Waals surface area contributed by atoms with Gasteiger partial charge in [-0.15, -0.1) is 0 Å². The van der Waals surface area contributed by atoms with Crippen LogP contribution < -0.4 is 0 Å². The van der Waals surface area contributed by atoms with Gasteiger partial charge in [0.25, 0.3) is 0 Å². The molecule has 0 atom stereocenters. The summed E-state index contributed by atoms with van der Waals surface area (Å²) in [4.78, 5) is 11.8. The van der Waals surface area contributed by atoms with Crippen LogP contribution in [0.4, 0.5) is 17.6 Å². The quantitative estimate of drug-likeness (QED) is 0.613. The fraction of sp³-hybridized carbons (Fsp3) is 0.0714. The van der Waals surface area contributed by atoms with Crippen LogP contribution in [0.25, 0.3) is 0 Å². The first-order valence-electron chi connectivity index (χ1n) is 5.39. The van der Waals surface area contributed by atoms with Gasteiger partial charge in [0.05, 0.1) is 0 Å². The highest BCUT2D eigenvalue weighted by Crippen LogP contribution is 2.14. The number of halogens is 4. The highest BCUT2D eigenvalue weighted by molar-refractivity contribution is 5.97. The molecule has 98 valence electrons. The maximum Gasteiger partial charge on any atom is 0.167 e. The van der Waals surface area contributed by atoms with E-state index in [4.69, 9.17) is 0 Å². The monoisotopic (exact) mass is 268 g/mol. The summed E-state index contributed by atoms with van der Waals surface area (Å²) in [5.41, 5.74) is 0.234. The zero-order valence-corrected chi connectivity index (χ0v) is 9.59. The van der Waals surface area contributed by atoms with Crippen LogP contribution in [0.5, 0.6) is 0 Å². The van der Waals surface area contributed by atoms with Gasteiger partial charge in [0.15, 0.2) is 29.1 Å². The van der Waals surface area contributed by atoms with Crippen molar-refractivity contribution in [1.82, 2.24) is 0 Å². The van der Waals surface area contributed by atoms with Gasteiger partial charge in [-0.25, -0.2) is 17.6 Å². The molecule has 0 aromatic heterocycles. The number of carbonyl (C=O) groups excluding carboxylic acids is 1. The number of hydrogen-bond donors (Lipinski definition) is 0. The van der Waals surface area contributed by atoms with Gasteiger partial charge in [0.2, 0.25) is 0 Å². The Kier molecular flexibility index (Phi) is 3.64. The Balaban J connectivity index is 2.20. The molecule has 0 spiro atoms. The third-order valence-electron chi connectivity index (χ3n) is 2.59. The van der Waals surface area contributed by atoms with Crippen molar-refractivity contribution in [3.05, 3.63) is 70.8 Å². The highest BCUT2D eigenvalue weighted by atomic mass is 19.2. The van der Waals surface area contributed by atoms with E-state index in [0.29, 0.717) is 0 Å². The van der Waals surface area contributed by atoms with E-state index in [1.165, 1.54) is 6.07 Å². The van der Waals surface area contributed by atoms with Gasteiger partial charge in [-0.05, 0) is 35.9 Å². The minimum absolute atomic E-state index is 0.0244. The molecule has 0 amide bonds. The van der Waals surface area contributed by atoms with E-state index >= 15 is 0 Å². The maximum atomic E-state index is 13.0. The van der Waals surface area contributed by atoms with E-state index in [-0.39, 0.29) is 17.5 Å². The summed E-state index contributed by atoms with van der Waals surface area (Å²) in [7, 11) is 0. The smallest absolute Gasteiger partial charge is 0.167 e. The van der Waals surface area contributed by atoms with Crippen LogP contribution in [0.15, 0.2) is 36.4 Å². The molecule has 0 aliphatic rings. The predicted molar refractivity (Wildman–Crippen MR) is 60.8 cm³/mol. The summed E-state index contributed by atoms with van der Waals surface area (Å²) in [6.45, 7) is 0. The van der Waals surface area contributed by atoms with Gasteiger partial charge in [0, 0.05) is 12.0 Å². The number of rotatable bonds is 3. The van der Waals surface area contributed by atoms with Crippen LogP contribution in [0.1, 0.15) is 15.9 Å². The van der Waals surface area contributed by atoms with E-state index in [1.54, 1.807) is 0 Å². The molecule has 0 aliphatic carbocycles. The zero-order chi connectivity index (χ0) is 14.0. The molecule has 2 rings (SSSR count). The predicted octanol–water partition coefficient (Wildman–Crippen LogP) is 3.67. The first-order chi connectivity index (χ1) is 8.97. The second-order valence-corrected chi connectivity index (χ2v) is 3.98. The first-order valence-corrected chi connectivity index (χ1v) is 5.39. The lowest BCUT2D eigenvalue weighted by Crippen LogP contribution is -2.05. The van der Waals surface area contributed by atoms with Crippen LogP contribution in [0.3, 0.4) is 0 Å². The van der Waals surface area contributed by atoms with Gasteiger partial charge in [0.1, 0.15) is 0 Å². The van der Waals surface area contributed by atoms with Crippen molar-refractivity contribution in [1.29, 1.82) is 0 Å². The van der Waals surface area contributed by atoms with Crippen molar-refractivity contribution in [3.8, 4) is 0 Å². The third-order valence-corrected chi connectivity index (χ3v) is 2.59. The summed E-state index contributed by atoms with van der Waals surface area (Å²) in [6.07, 6.45) is -0.220. The topological polar surface area (TPSA) is 17.1 Å². The van der Waals surface area contributed by atoms with Gasteiger partial charge >= 0.3 is 0 Å². The summed E-state index contributed by atoms with van der Waals surface area (Å²) >= 11 is 0. The van der Waals surface area contributed by atoms with Gasteiger partial charge in [-0.2, -0.15) is 0 Å². The maximum absolute atomic E-state index is 13.0. The second-order valence-electron chi connectivity index (χ2n) is 3.98. The Morgan fingerprint density at radius 2 is 1.37 bits per heavy atom. The number of ketones is 1. The molecular weight excluding hydrogens is 260 g/mol. The van der Waals surface area contributed by atoms with Crippen LogP contribution in [-0.2, 0) is 6.42 Å². The molecule has 0 radical (unpaired) electrons. The average molecular weight is 268 g/mol. The first kappa shape index (κ1) is 13.3. The lowest BCUT2D eigenvalue weighted by atomic mass is 10.0. The van der Waals surface area contributed by atoms with Crippen LogP contribution in [0, 0.1) is 23.3 Å². The largest absolute Gasteiger partial charge is 0.294 e. The number of benzene rings is 2. The van der Waals surface area contributed by atoms with E-state index in [1.807, 2.05) is 0 Å². The summed E-state index contributed by atoms with van der Waals surface area (Å²) in [5.74, 6) is -4.76.